The molecule has 3 rings (SSSR count). The Hall–Kier alpha value is -2.79. The first-order chi connectivity index (χ1) is 12.6. The lowest BCUT2D eigenvalue weighted by Gasteiger charge is -2.12. The average Bonchev–Trinajstić information content (AvgIpc) is 3.01. The van der Waals surface area contributed by atoms with Gasteiger partial charge in [0, 0.05) is 42.8 Å². The van der Waals surface area contributed by atoms with Crippen LogP contribution >= 0.6 is 0 Å². The number of amides is 2. The summed E-state index contributed by atoms with van der Waals surface area (Å²) in [7, 11) is 1.95. The highest BCUT2D eigenvalue weighted by Crippen LogP contribution is 2.25. The van der Waals surface area contributed by atoms with E-state index in [4.69, 9.17) is 0 Å². The van der Waals surface area contributed by atoms with Crippen molar-refractivity contribution in [3.8, 4) is 0 Å². The van der Waals surface area contributed by atoms with Crippen molar-refractivity contribution in [1.82, 2.24) is 15.2 Å². The third-order valence-electron chi connectivity index (χ3n) is 4.51. The third-order valence-corrected chi connectivity index (χ3v) is 4.51. The van der Waals surface area contributed by atoms with Gasteiger partial charge >= 0.3 is 6.03 Å². The van der Waals surface area contributed by atoms with Crippen LogP contribution in [0, 0.1) is 0 Å². The number of hydrogen-bond acceptors (Lipinski definition) is 2. The van der Waals surface area contributed by atoms with Crippen LogP contribution in [0.2, 0.25) is 0 Å². The summed E-state index contributed by atoms with van der Waals surface area (Å²) in [6.45, 7) is 0.781. The van der Waals surface area contributed by atoms with Crippen LogP contribution in [0.25, 0.3) is 10.9 Å². The molecule has 0 aliphatic heterocycles. The van der Waals surface area contributed by atoms with E-state index in [1.54, 1.807) is 0 Å². The SMILES string of the molecule is Cn1cc(C(O)CNC(=O)NCCCc2ccccc2)c2ccccc21. The third kappa shape index (κ3) is 4.43. The van der Waals surface area contributed by atoms with E-state index in [0.29, 0.717) is 6.54 Å². The van der Waals surface area contributed by atoms with Gasteiger partial charge in [-0.2, -0.15) is 0 Å². The quantitative estimate of drug-likeness (QED) is 0.573. The number of aliphatic hydroxyl groups excluding tert-OH is 1. The predicted molar refractivity (Wildman–Crippen MR) is 104 cm³/mol. The molecule has 1 heterocycles. The maximum absolute atomic E-state index is 11.9. The highest BCUT2D eigenvalue weighted by Gasteiger charge is 2.15. The van der Waals surface area contributed by atoms with Crippen LogP contribution in [-0.2, 0) is 13.5 Å². The molecule has 0 bridgehead atoms. The molecule has 26 heavy (non-hydrogen) atoms. The summed E-state index contributed by atoms with van der Waals surface area (Å²) in [5.41, 5.74) is 3.15. The minimum absolute atomic E-state index is 0.179. The van der Waals surface area contributed by atoms with Crippen molar-refractivity contribution in [2.24, 2.45) is 7.05 Å². The molecule has 1 atom stereocenters. The highest BCUT2D eigenvalue weighted by atomic mass is 16.3. The number of aliphatic hydroxyl groups is 1. The molecule has 5 heteroatoms. The number of aryl methyl sites for hydroxylation is 2. The topological polar surface area (TPSA) is 66.3 Å². The van der Waals surface area contributed by atoms with E-state index >= 15 is 0 Å². The van der Waals surface area contributed by atoms with Gasteiger partial charge in [-0.15, -0.1) is 0 Å². The number of benzene rings is 2. The van der Waals surface area contributed by atoms with Gasteiger partial charge in [0.2, 0.25) is 0 Å². The number of hydrogen-bond donors (Lipinski definition) is 3. The van der Waals surface area contributed by atoms with Gasteiger partial charge in [0.15, 0.2) is 0 Å². The number of aromatic nitrogens is 1. The molecule has 136 valence electrons. The zero-order valence-corrected chi connectivity index (χ0v) is 15.0. The van der Waals surface area contributed by atoms with Crippen molar-refractivity contribution in [2.45, 2.75) is 18.9 Å². The number of carbonyl (C=O) groups excluding carboxylic acids is 1. The Morgan fingerprint density at radius 1 is 1.08 bits per heavy atom. The summed E-state index contributed by atoms with van der Waals surface area (Å²) in [5.74, 6) is 0. The summed E-state index contributed by atoms with van der Waals surface area (Å²) in [5, 5.41) is 17.0. The fraction of sp³-hybridized carbons (Fsp3) is 0.286. The fourth-order valence-electron chi connectivity index (χ4n) is 3.14. The van der Waals surface area contributed by atoms with Crippen molar-refractivity contribution in [3.05, 3.63) is 71.9 Å². The number of carbonyl (C=O) groups is 1. The zero-order valence-electron chi connectivity index (χ0n) is 15.0. The Labute approximate surface area is 153 Å². The second-order valence-electron chi connectivity index (χ2n) is 6.45. The first-order valence-corrected chi connectivity index (χ1v) is 8.93. The molecule has 0 spiro atoms. The number of urea groups is 1. The lowest BCUT2D eigenvalue weighted by Crippen LogP contribution is -2.38. The zero-order chi connectivity index (χ0) is 18.4. The van der Waals surface area contributed by atoms with Crippen LogP contribution in [0.1, 0.15) is 23.7 Å². The van der Waals surface area contributed by atoms with Crippen LogP contribution in [0.4, 0.5) is 4.79 Å². The van der Waals surface area contributed by atoms with E-state index in [0.717, 1.165) is 29.3 Å². The van der Waals surface area contributed by atoms with Crippen molar-refractivity contribution in [1.29, 1.82) is 0 Å². The van der Waals surface area contributed by atoms with Gasteiger partial charge in [0.05, 0.1) is 6.10 Å². The molecular formula is C21H25N3O2. The first-order valence-electron chi connectivity index (χ1n) is 8.93. The van der Waals surface area contributed by atoms with E-state index in [9.17, 15) is 9.90 Å². The monoisotopic (exact) mass is 351 g/mol. The smallest absolute Gasteiger partial charge is 0.314 e. The molecule has 5 nitrogen and oxygen atoms in total. The van der Waals surface area contributed by atoms with E-state index in [1.165, 1.54) is 5.56 Å². The normalized spacial score (nSPS) is 12.1. The Balaban J connectivity index is 1.43. The minimum Gasteiger partial charge on any atom is -0.386 e. The summed E-state index contributed by atoms with van der Waals surface area (Å²) in [4.78, 5) is 11.9. The molecular weight excluding hydrogens is 326 g/mol. The largest absolute Gasteiger partial charge is 0.386 e. The van der Waals surface area contributed by atoms with Crippen LogP contribution < -0.4 is 10.6 Å². The number of rotatable bonds is 7. The number of para-hydroxylation sites is 1. The predicted octanol–water partition coefficient (Wildman–Crippen LogP) is 3.14. The summed E-state index contributed by atoms with van der Waals surface area (Å²) < 4.78 is 1.98. The number of nitrogens with one attached hydrogen (secondary N) is 2. The standard InChI is InChI=1S/C21H25N3O2/c1-24-15-18(17-11-5-6-12-19(17)24)20(25)14-23-21(26)22-13-7-10-16-8-3-2-4-9-16/h2-6,8-9,11-12,15,20,25H,7,10,13-14H2,1H3,(H2,22,23,26). The Kier molecular flexibility index (Phi) is 5.92. The highest BCUT2D eigenvalue weighted by molar-refractivity contribution is 5.84. The fourth-order valence-corrected chi connectivity index (χ4v) is 3.14. The van der Waals surface area contributed by atoms with Crippen molar-refractivity contribution in [3.63, 3.8) is 0 Å². The maximum atomic E-state index is 11.9. The molecule has 0 saturated carbocycles. The van der Waals surface area contributed by atoms with E-state index in [1.807, 2.05) is 60.3 Å². The Morgan fingerprint density at radius 3 is 2.62 bits per heavy atom. The molecule has 0 aliphatic carbocycles. The Bertz CT molecular complexity index is 858. The molecule has 2 amide bonds. The van der Waals surface area contributed by atoms with Gasteiger partial charge in [-0.05, 0) is 24.5 Å². The van der Waals surface area contributed by atoms with Crippen molar-refractivity contribution >= 4 is 16.9 Å². The lowest BCUT2D eigenvalue weighted by molar-refractivity contribution is 0.174. The van der Waals surface area contributed by atoms with E-state index in [2.05, 4.69) is 22.8 Å². The first kappa shape index (κ1) is 18.0. The molecule has 1 aromatic heterocycles. The molecule has 0 fully saturated rings. The van der Waals surface area contributed by atoms with Gasteiger partial charge in [-0.1, -0.05) is 48.5 Å². The lowest BCUT2D eigenvalue weighted by atomic mass is 10.1. The van der Waals surface area contributed by atoms with Crippen molar-refractivity contribution in [2.75, 3.05) is 13.1 Å². The molecule has 3 N–H and O–H groups in total. The summed E-state index contributed by atoms with van der Waals surface area (Å²) >= 11 is 0. The van der Waals surface area contributed by atoms with E-state index < -0.39 is 6.10 Å². The van der Waals surface area contributed by atoms with E-state index in [-0.39, 0.29) is 12.6 Å². The molecule has 0 aliphatic rings. The summed E-state index contributed by atoms with van der Waals surface area (Å²) in [6.07, 6.45) is 2.98. The van der Waals surface area contributed by atoms with Gasteiger partial charge < -0.3 is 20.3 Å². The number of fused-ring (bicyclic) bond motifs is 1. The van der Waals surface area contributed by atoms with Crippen LogP contribution in [0.5, 0.6) is 0 Å². The molecule has 2 aromatic carbocycles. The maximum Gasteiger partial charge on any atom is 0.314 e. The van der Waals surface area contributed by atoms with Gasteiger partial charge in [0.25, 0.3) is 0 Å². The minimum atomic E-state index is -0.740. The summed E-state index contributed by atoms with van der Waals surface area (Å²) in [6, 6.07) is 17.9. The second kappa shape index (κ2) is 8.54. The molecule has 0 radical (unpaired) electrons. The van der Waals surface area contributed by atoms with Crippen LogP contribution in [0.15, 0.2) is 60.8 Å². The second-order valence-corrected chi connectivity index (χ2v) is 6.45. The molecule has 0 saturated heterocycles. The molecule has 3 aromatic rings. The Morgan fingerprint density at radius 2 is 1.81 bits per heavy atom. The van der Waals surface area contributed by atoms with Crippen LogP contribution in [-0.4, -0.2) is 28.8 Å². The van der Waals surface area contributed by atoms with Gasteiger partial charge in [-0.25, -0.2) is 4.79 Å². The van der Waals surface area contributed by atoms with Crippen molar-refractivity contribution < 1.29 is 9.90 Å². The molecule has 1 unspecified atom stereocenters. The van der Waals surface area contributed by atoms with Gasteiger partial charge in [-0.3, -0.25) is 0 Å². The average molecular weight is 351 g/mol. The number of nitrogens with zero attached hydrogens (tertiary/aromatic N) is 1. The van der Waals surface area contributed by atoms with Gasteiger partial charge in [0.1, 0.15) is 0 Å². The van der Waals surface area contributed by atoms with Crippen LogP contribution in [0.3, 0.4) is 0 Å².